The molecule has 1 amide bonds. The van der Waals surface area contributed by atoms with Gasteiger partial charge in [-0.2, -0.15) is 13.2 Å². The molecule has 1 saturated heterocycles. The molecule has 4 rings (SSSR count). The molecule has 0 spiro atoms. The van der Waals surface area contributed by atoms with Crippen LogP contribution in [0, 0.1) is 12.8 Å². The first-order valence-corrected chi connectivity index (χ1v) is 10.7. The summed E-state index contributed by atoms with van der Waals surface area (Å²) in [6.45, 7) is 3.94. The van der Waals surface area contributed by atoms with Crippen molar-refractivity contribution >= 4 is 16.9 Å². The summed E-state index contributed by atoms with van der Waals surface area (Å²) in [6.07, 6.45) is -5.14. The van der Waals surface area contributed by atoms with Gasteiger partial charge in [-0.25, -0.2) is 9.97 Å². The molecule has 3 heterocycles. The van der Waals surface area contributed by atoms with Crippen molar-refractivity contribution in [2.75, 3.05) is 19.7 Å². The number of aromatic nitrogens is 3. The van der Waals surface area contributed by atoms with Crippen molar-refractivity contribution in [3.8, 4) is 5.75 Å². The molecule has 0 aliphatic carbocycles. The van der Waals surface area contributed by atoms with Gasteiger partial charge < -0.3 is 19.7 Å². The SMILES string of the molecule is Cc1nc2nc(C(F)(F)F)c([C@H](C)Oc3ccc(C(=O)N4CC[C@@H](CO)C4)cc3)cc2c(=O)[nH]1. The maximum atomic E-state index is 13.7. The second kappa shape index (κ2) is 9.05. The van der Waals surface area contributed by atoms with Crippen molar-refractivity contribution in [3.63, 3.8) is 0 Å². The number of aromatic amines is 1. The first-order chi connectivity index (χ1) is 16.1. The Morgan fingerprint density at radius 2 is 2.00 bits per heavy atom. The number of carbonyl (C=O) groups excluding carboxylic acids is 1. The highest BCUT2D eigenvalue weighted by atomic mass is 19.4. The fourth-order valence-electron chi connectivity index (χ4n) is 4.02. The topological polar surface area (TPSA) is 108 Å². The van der Waals surface area contributed by atoms with Gasteiger partial charge in [-0.15, -0.1) is 0 Å². The Balaban J connectivity index is 1.58. The van der Waals surface area contributed by atoms with E-state index >= 15 is 0 Å². The van der Waals surface area contributed by atoms with Crippen LogP contribution in [0.5, 0.6) is 5.75 Å². The van der Waals surface area contributed by atoms with Crippen molar-refractivity contribution in [3.05, 3.63) is 63.3 Å². The van der Waals surface area contributed by atoms with Crippen LogP contribution in [0.4, 0.5) is 13.2 Å². The second-order valence-corrected chi connectivity index (χ2v) is 8.32. The van der Waals surface area contributed by atoms with Crippen molar-refractivity contribution in [2.24, 2.45) is 5.92 Å². The maximum absolute atomic E-state index is 13.7. The minimum Gasteiger partial charge on any atom is -0.486 e. The molecule has 34 heavy (non-hydrogen) atoms. The number of nitrogens with zero attached hydrogens (tertiary/aromatic N) is 3. The summed E-state index contributed by atoms with van der Waals surface area (Å²) in [6, 6.07) is 7.18. The predicted molar refractivity (Wildman–Crippen MR) is 116 cm³/mol. The van der Waals surface area contributed by atoms with Gasteiger partial charge in [0.2, 0.25) is 0 Å². The van der Waals surface area contributed by atoms with Gasteiger partial charge >= 0.3 is 6.18 Å². The van der Waals surface area contributed by atoms with Crippen molar-refractivity contribution in [1.82, 2.24) is 19.9 Å². The van der Waals surface area contributed by atoms with E-state index in [1.807, 2.05) is 0 Å². The van der Waals surface area contributed by atoms with Crippen LogP contribution >= 0.6 is 0 Å². The first-order valence-electron chi connectivity index (χ1n) is 10.7. The van der Waals surface area contributed by atoms with E-state index in [1.165, 1.54) is 38.1 Å². The Bertz CT molecular complexity index is 1270. The summed E-state index contributed by atoms with van der Waals surface area (Å²) < 4.78 is 46.9. The second-order valence-electron chi connectivity index (χ2n) is 8.32. The summed E-state index contributed by atoms with van der Waals surface area (Å²) in [5, 5.41) is 9.18. The van der Waals surface area contributed by atoms with Gasteiger partial charge in [0.1, 0.15) is 17.7 Å². The average Bonchev–Trinajstić information content (AvgIpc) is 3.27. The molecule has 8 nitrogen and oxygen atoms in total. The number of nitrogens with one attached hydrogen (secondary N) is 1. The number of benzene rings is 1. The van der Waals surface area contributed by atoms with Crippen molar-refractivity contribution in [2.45, 2.75) is 32.5 Å². The number of aliphatic hydroxyl groups is 1. The molecule has 1 fully saturated rings. The Labute approximate surface area is 192 Å². The van der Waals surface area contributed by atoms with Crippen LogP contribution in [-0.2, 0) is 6.18 Å². The van der Waals surface area contributed by atoms with E-state index in [0.29, 0.717) is 18.7 Å². The molecular formula is C23H23F3N4O4. The fraction of sp³-hybridized carbons (Fsp3) is 0.391. The lowest BCUT2D eigenvalue weighted by Crippen LogP contribution is -2.29. The van der Waals surface area contributed by atoms with E-state index in [-0.39, 0.29) is 46.6 Å². The number of carbonyl (C=O) groups is 1. The molecule has 1 aromatic carbocycles. The van der Waals surface area contributed by atoms with Gasteiger partial charge in [0, 0.05) is 36.7 Å². The normalized spacial score (nSPS) is 17.2. The third-order valence-electron chi connectivity index (χ3n) is 5.80. The lowest BCUT2D eigenvalue weighted by molar-refractivity contribution is -0.142. The first kappa shape index (κ1) is 23.7. The van der Waals surface area contributed by atoms with Crippen molar-refractivity contribution < 1.29 is 27.8 Å². The lowest BCUT2D eigenvalue weighted by atomic mass is 10.1. The van der Waals surface area contributed by atoms with Crippen molar-refractivity contribution in [1.29, 1.82) is 0 Å². The number of aryl methyl sites for hydroxylation is 1. The lowest BCUT2D eigenvalue weighted by Gasteiger charge is -2.20. The quantitative estimate of drug-likeness (QED) is 0.585. The number of hydrogen-bond donors (Lipinski definition) is 2. The van der Waals surface area contributed by atoms with Crippen LogP contribution in [0.25, 0.3) is 11.0 Å². The molecule has 2 aromatic heterocycles. The van der Waals surface area contributed by atoms with Gasteiger partial charge in [-0.05, 0) is 50.6 Å². The van der Waals surface area contributed by atoms with Crippen LogP contribution in [0.15, 0.2) is 35.1 Å². The largest absolute Gasteiger partial charge is 0.486 e. The van der Waals surface area contributed by atoms with E-state index in [2.05, 4.69) is 15.0 Å². The number of amides is 1. The number of alkyl halides is 3. The van der Waals surface area contributed by atoms with E-state index in [4.69, 9.17) is 4.74 Å². The zero-order valence-corrected chi connectivity index (χ0v) is 18.5. The molecule has 0 radical (unpaired) electrons. The molecule has 11 heteroatoms. The minimum atomic E-state index is -4.78. The molecule has 0 unspecified atom stereocenters. The molecule has 3 aromatic rings. The average molecular weight is 476 g/mol. The van der Waals surface area contributed by atoms with E-state index in [9.17, 15) is 27.9 Å². The molecule has 2 atom stereocenters. The van der Waals surface area contributed by atoms with Gasteiger partial charge in [0.25, 0.3) is 11.5 Å². The van der Waals surface area contributed by atoms with Crippen LogP contribution in [0.3, 0.4) is 0 Å². The molecule has 0 saturated carbocycles. The summed E-state index contributed by atoms with van der Waals surface area (Å²) in [5.41, 5.74) is -1.95. The number of halogens is 3. The van der Waals surface area contributed by atoms with Gasteiger partial charge in [0.15, 0.2) is 11.3 Å². The number of aliphatic hydroxyl groups excluding tert-OH is 1. The molecule has 0 bridgehead atoms. The highest BCUT2D eigenvalue weighted by Gasteiger charge is 2.38. The minimum absolute atomic E-state index is 0.0273. The highest BCUT2D eigenvalue weighted by molar-refractivity contribution is 5.94. The summed E-state index contributed by atoms with van der Waals surface area (Å²) in [7, 11) is 0. The van der Waals surface area contributed by atoms with Gasteiger partial charge in [-0.3, -0.25) is 9.59 Å². The number of likely N-dealkylation sites (tertiary alicyclic amines) is 1. The summed E-state index contributed by atoms with van der Waals surface area (Å²) >= 11 is 0. The number of rotatable bonds is 5. The molecule has 180 valence electrons. The Hall–Kier alpha value is -3.47. The Morgan fingerprint density at radius 1 is 1.29 bits per heavy atom. The number of pyridine rings is 1. The van der Waals surface area contributed by atoms with E-state index in [1.54, 1.807) is 4.90 Å². The monoisotopic (exact) mass is 476 g/mol. The maximum Gasteiger partial charge on any atom is 0.433 e. The Kier molecular flexibility index (Phi) is 6.30. The van der Waals surface area contributed by atoms with Gasteiger partial charge in [0.05, 0.1) is 5.39 Å². The smallest absolute Gasteiger partial charge is 0.433 e. The number of hydrogen-bond acceptors (Lipinski definition) is 6. The number of ether oxygens (including phenoxy) is 1. The number of H-pyrrole nitrogens is 1. The van der Waals surface area contributed by atoms with Crippen LogP contribution in [0.1, 0.15) is 46.9 Å². The zero-order valence-electron chi connectivity index (χ0n) is 18.5. The van der Waals surface area contributed by atoms with Crippen LogP contribution in [0.2, 0.25) is 0 Å². The molecule has 1 aliphatic rings. The van der Waals surface area contributed by atoms with Crippen LogP contribution in [-0.4, -0.2) is 50.6 Å². The summed E-state index contributed by atoms with van der Waals surface area (Å²) in [5.74, 6) is 0.293. The predicted octanol–water partition coefficient (Wildman–Crippen LogP) is 3.24. The number of fused-ring (bicyclic) bond motifs is 1. The zero-order chi connectivity index (χ0) is 24.6. The fourth-order valence-corrected chi connectivity index (χ4v) is 4.02. The van der Waals surface area contributed by atoms with Gasteiger partial charge in [-0.1, -0.05) is 0 Å². The molecule has 2 N–H and O–H groups in total. The molecule has 1 aliphatic heterocycles. The van der Waals surface area contributed by atoms with E-state index < -0.39 is 23.5 Å². The Morgan fingerprint density at radius 3 is 2.62 bits per heavy atom. The van der Waals surface area contributed by atoms with E-state index in [0.717, 1.165) is 12.5 Å². The third kappa shape index (κ3) is 4.74. The highest BCUT2D eigenvalue weighted by Crippen LogP contribution is 2.36. The summed E-state index contributed by atoms with van der Waals surface area (Å²) in [4.78, 5) is 36.5. The van der Waals surface area contributed by atoms with Crippen LogP contribution < -0.4 is 10.3 Å². The molecular weight excluding hydrogens is 453 g/mol. The third-order valence-corrected chi connectivity index (χ3v) is 5.80. The standard InChI is InChI=1S/C23H23F3N4O4/c1-12(17-9-18-20(27-13(2)28-21(18)32)29-19(17)23(24,25)26)34-16-5-3-15(4-6-16)22(33)30-8-7-14(10-30)11-31/h3-6,9,12,14,31H,7-8,10-11H2,1-2H3,(H,27,28,29,32)/t12-,14+/m0/s1.